The van der Waals surface area contributed by atoms with Crippen molar-refractivity contribution in [3.05, 3.63) is 60.2 Å². The summed E-state index contributed by atoms with van der Waals surface area (Å²) in [5.41, 5.74) is 1.17. The predicted octanol–water partition coefficient (Wildman–Crippen LogP) is 4.02. The molecule has 4 rings (SSSR count). The summed E-state index contributed by atoms with van der Waals surface area (Å²) in [7, 11) is 0. The summed E-state index contributed by atoms with van der Waals surface area (Å²) in [6, 6.07) is 15.8. The number of imide groups is 1. The van der Waals surface area contributed by atoms with Crippen LogP contribution in [0.3, 0.4) is 0 Å². The highest BCUT2D eigenvalue weighted by Gasteiger charge is 2.48. The van der Waals surface area contributed by atoms with Crippen LogP contribution in [0.1, 0.15) is 43.0 Å². The van der Waals surface area contributed by atoms with E-state index in [1.165, 1.54) is 4.90 Å². The molecule has 2 fully saturated rings. The van der Waals surface area contributed by atoms with Gasteiger partial charge in [0.1, 0.15) is 5.75 Å². The average molecular weight is 377 g/mol. The van der Waals surface area contributed by atoms with E-state index >= 15 is 0 Å². The molecule has 2 amide bonds. The fourth-order valence-corrected chi connectivity index (χ4v) is 4.19. The molecule has 28 heavy (non-hydrogen) atoms. The van der Waals surface area contributed by atoms with E-state index in [-0.39, 0.29) is 29.4 Å². The second kappa shape index (κ2) is 7.58. The second-order valence-electron chi connectivity index (χ2n) is 7.49. The molecule has 0 aromatic heterocycles. The highest BCUT2D eigenvalue weighted by molar-refractivity contribution is 6.22. The maximum Gasteiger partial charge on any atom is 0.237 e. The molecule has 1 aliphatic heterocycles. The monoisotopic (exact) mass is 377 g/mol. The minimum atomic E-state index is -0.633. The Balaban J connectivity index is 1.46. The number of carbonyl (C=O) groups excluding carboxylic acids is 3. The average Bonchev–Trinajstić information content (AvgIpc) is 2.99. The van der Waals surface area contributed by atoms with Crippen LogP contribution in [-0.4, -0.2) is 23.7 Å². The summed E-state index contributed by atoms with van der Waals surface area (Å²) in [5, 5.41) is 0. The minimum absolute atomic E-state index is 0.0870. The Labute approximate surface area is 164 Å². The fourth-order valence-electron chi connectivity index (χ4n) is 4.19. The lowest BCUT2D eigenvalue weighted by molar-refractivity contribution is -0.122. The largest absolute Gasteiger partial charge is 0.483 e. The van der Waals surface area contributed by atoms with E-state index < -0.39 is 6.10 Å². The SMILES string of the molecule is C[C@@H](Oc1ccc(N2C(=O)[C@H]3CCCC[C@H]3C2=O)cc1)C(=O)c1ccccc1. The van der Waals surface area contributed by atoms with Crippen LogP contribution in [-0.2, 0) is 9.59 Å². The van der Waals surface area contributed by atoms with Crippen molar-refractivity contribution < 1.29 is 19.1 Å². The third-order valence-corrected chi connectivity index (χ3v) is 5.68. The van der Waals surface area contributed by atoms with Gasteiger partial charge in [-0.05, 0) is 44.0 Å². The van der Waals surface area contributed by atoms with Gasteiger partial charge in [0.25, 0.3) is 0 Å². The number of carbonyl (C=O) groups is 3. The number of Topliss-reactive ketones (excluding diaryl/α,β-unsaturated/α-hetero) is 1. The molecule has 0 N–H and O–H groups in total. The lowest BCUT2D eigenvalue weighted by atomic mass is 9.81. The molecule has 1 heterocycles. The van der Waals surface area contributed by atoms with Crippen LogP contribution in [0.4, 0.5) is 5.69 Å². The van der Waals surface area contributed by atoms with E-state index in [4.69, 9.17) is 4.74 Å². The van der Waals surface area contributed by atoms with Gasteiger partial charge in [0.05, 0.1) is 17.5 Å². The number of benzene rings is 2. The van der Waals surface area contributed by atoms with E-state index in [1.54, 1.807) is 43.3 Å². The third kappa shape index (κ3) is 3.33. The molecular weight excluding hydrogens is 354 g/mol. The maximum absolute atomic E-state index is 12.7. The molecule has 0 unspecified atom stereocenters. The molecule has 2 aliphatic rings. The first-order valence-corrected chi connectivity index (χ1v) is 9.80. The van der Waals surface area contributed by atoms with Gasteiger partial charge >= 0.3 is 0 Å². The van der Waals surface area contributed by atoms with Crippen molar-refractivity contribution in [2.45, 2.75) is 38.7 Å². The molecule has 5 nitrogen and oxygen atoms in total. The van der Waals surface area contributed by atoms with E-state index in [1.807, 2.05) is 18.2 Å². The van der Waals surface area contributed by atoms with Crippen LogP contribution in [0.25, 0.3) is 0 Å². The molecular formula is C23H23NO4. The molecule has 3 atom stereocenters. The van der Waals surface area contributed by atoms with Crippen molar-refractivity contribution in [3.8, 4) is 5.75 Å². The summed E-state index contributed by atoms with van der Waals surface area (Å²) in [4.78, 5) is 39.1. The quantitative estimate of drug-likeness (QED) is 0.583. The lowest BCUT2D eigenvalue weighted by Gasteiger charge is -2.19. The van der Waals surface area contributed by atoms with Crippen molar-refractivity contribution in [3.63, 3.8) is 0 Å². The summed E-state index contributed by atoms with van der Waals surface area (Å²) < 4.78 is 5.76. The molecule has 5 heteroatoms. The molecule has 0 radical (unpaired) electrons. The number of ether oxygens (including phenoxy) is 1. The summed E-state index contributed by atoms with van der Waals surface area (Å²) in [5.74, 6) is -0.0796. The summed E-state index contributed by atoms with van der Waals surface area (Å²) >= 11 is 0. The normalized spacial score (nSPS) is 22.7. The Morgan fingerprint density at radius 3 is 2.07 bits per heavy atom. The minimum Gasteiger partial charge on any atom is -0.483 e. The first kappa shape index (κ1) is 18.4. The number of anilines is 1. The van der Waals surface area contributed by atoms with Gasteiger partial charge < -0.3 is 4.74 Å². The van der Waals surface area contributed by atoms with Crippen LogP contribution in [0.2, 0.25) is 0 Å². The first-order chi connectivity index (χ1) is 13.6. The number of ketones is 1. The van der Waals surface area contributed by atoms with Crippen LogP contribution in [0.5, 0.6) is 5.75 Å². The second-order valence-corrected chi connectivity index (χ2v) is 7.49. The van der Waals surface area contributed by atoms with E-state index in [9.17, 15) is 14.4 Å². The topological polar surface area (TPSA) is 63.7 Å². The van der Waals surface area contributed by atoms with Crippen LogP contribution in [0.15, 0.2) is 54.6 Å². The van der Waals surface area contributed by atoms with Crippen molar-refractivity contribution in [1.29, 1.82) is 0 Å². The number of hydrogen-bond donors (Lipinski definition) is 0. The van der Waals surface area contributed by atoms with Crippen LogP contribution >= 0.6 is 0 Å². The van der Waals surface area contributed by atoms with E-state index in [0.29, 0.717) is 17.0 Å². The smallest absolute Gasteiger partial charge is 0.237 e. The predicted molar refractivity (Wildman–Crippen MR) is 105 cm³/mol. The number of nitrogens with zero attached hydrogens (tertiary/aromatic N) is 1. The Morgan fingerprint density at radius 1 is 0.929 bits per heavy atom. The van der Waals surface area contributed by atoms with E-state index in [0.717, 1.165) is 25.7 Å². The molecule has 1 saturated heterocycles. The molecule has 2 aromatic rings. The van der Waals surface area contributed by atoms with Crippen molar-refractivity contribution in [1.82, 2.24) is 0 Å². The molecule has 1 saturated carbocycles. The van der Waals surface area contributed by atoms with E-state index in [2.05, 4.69) is 0 Å². The molecule has 0 spiro atoms. The summed E-state index contributed by atoms with van der Waals surface area (Å²) in [6.07, 6.45) is 2.98. The van der Waals surface area contributed by atoms with Gasteiger partial charge in [0.15, 0.2) is 6.10 Å². The number of hydrogen-bond acceptors (Lipinski definition) is 4. The summed E-state index contributed by atoms with van der Waals surface area (Å²) in [6.45, 7) is 1.71. The standard InChI is InChI=1S/C23H23NO4/c1-15(21(25)16-7-3-2-4-8-16)28-18-13-11-17(12-14-18)24-22(26)19-9-5-6-10-20(19)23(24)27/h2-4,7-8,11-15,19-20H,5-6,9-10H2,1H3/t15-,19-,20+/m1/s1. The van der Waals surface area contributed by atoms with Gasteiger partial charge in [-0.1, -0.05) is 43.2 Å². The van der Waals surface area contributed by atoms with Crippen molar-refractivity contribution >= 4 is 23.3 Å². The van der Waals surface area contributed by atoms with Gasteiger partial charge in [0, 0.05) is 5.56 Å². The third-order valence-electron chi connectivity index (χ3n) is 5.68. The number of fused-ring (bicyclic) bond motifs is 1. The van der Waals surface area contributed by atoms with Gasteiger partial charge in [-0.15, -0.1) is 0 Å². The number of amides is 2. The molecule has 2 aromatic carbocycles. The molecule has 0 bridgehead atoms. The van der Waals surface area contributed by atoms with Gasteiger partial charge in [-0.2, -0.15) is 0 Å². The van der Waals surface area contributed by atoms with Gasteiger partial charge in [0.2, 0.25) is 17.6 Å². The van der Waals surface area contributed by atoms with Crippen molar-refractivity contribution in [2.75, 3.05) is 4.90 Å². The zero-order valence-corrected chi connectivity index (χ0v) is 15.8. The number of rotatable bonds is 5. The van der Waals surface area contributed by atoms with Gasteiger partial charge in [-0.3, -0.25) is 19.3 Å². The van der Waals surface area contributed by atoms with Gasteiger partial charge in [-0.25, -0.2) is 0 Å². The Bertz CT molecular complexity index is 867. The zero-order chi connectivity index (χ0) is 19.7. The van der Waals surface area contributed by atoms with Crippen LogP contribution in [0, 0.1) is 11.8 Å². The molecule has 144 valence electrons. The molecule has 1 aliphatic carbocycles. The lowest BCUT2D eigenvalue weighted by Crippen LogP contribution is -2.30. The Morgan fingerprint density at radius 2 is 1.50 bits per heavy atom. The highest BCUT2D eigenvalue weighted by Crippen LogP contribution is 2.40. The zero-order valence-electron chi connectivity index (χ0n) is 15.8. The first-order valence-electron chi connectivity index (χ1n) is 9.80. The van der Waals surface area contributed by atoms with Crippen molar-refractivity contribution in [2.24, 2.45) is 11.8 Å². The van der Waals surface area contributed by atoms with Crippen LogP contribution < -0.4 is 9.64 Å². The highest BCUT2D eigenvalue weighted by atomic mass is 16.5. The fraction of sp³-hybridized carbons (Fsp3) is 0.348. The maximum atomic E-state index is 12.7. The Kier molecular flexibility index (Phi) is 4.99. The Hall–Kier alpha value is -2.95.